The van der Waals surface area contributed by atoms with E-state index in [-0.39, 0.29) is 179 Å². The van der Waals surface area contributed by atoms with E-state index < -0.39 is 66.1 Å². The van der Waals surface area contributed by atoms with E-state index in [2.05, 4.69) is 31.2 Å². The SMILES string of the molecule is CC[C@H](C)[C@@H]([C@@H](CC(=O)N1CCC[C@H]1[C@H](OC)[C@@H](C)C(=O)N[C@@H](Cc1ccccc1)C(=O)O)OC)N(C)C(=O)[C@@H](NC(=O)[C@H](C(C)C)N(C)C(=O)CCOCCOCCOCCOCCNC(=O)CCC(=O)N1Cc2ccccc2-c2nnn(CCOCCOCCOCCOCCCC(=O)CCc3ccncc3)c2-c2ccccc21)C(C)C.[CH3-].[NH-]CC[NH-].[Pt]. The van der Waals surface area contributed by atoms with Crippen LogP contribution in [0.1, 0.15) is 129 Å². The van der Waals surface area contributed by atoms with E-state index in [1.165, 1.54) is 19.1 Å². The van der Waals surface area contributed by atoms with Crippen molar-refractivity contribution < 1.29 is 117 Å². The number of aliphatic carboxylic acids is 1. The van der Waals surface area contributed by atoms with Gasteiger partial charge in [-0.05, 0) is 78.3 Å². The number of para-hydroxylation sites is 1. The molecule has 0 aliphatic carbocycles. The van der Waals surface area contributed by atoms with E-state index in [1.807, 2.05) is 108 Å². The number of Topliss-reactive ketones (excluding diaryl/α,β-unsaturated/α-hetero) is 1. The minimum absolute atomic E-state index is 0. The van der Waals surface area contributed by atoms with Crippen molar-refractivity contribution in [1.82, 2.24) is 50.6 Å². The Hall–Kier alpha value is -8.41. The van der Waals surface area contributed by atoms with Crippen LogP contribution in [-0.4, -0.2) is 296 Å². The van der Waals surface area contributed by atoms with Crippen molar-refractivity contribution in [1.29, 1.82) is 0 Å². The Balaban J connectivity index is 0.00000534. The number of ether oxygens (including phenoxy) is 10. The number of carboxylic acids is 1. The van der Waals surface area contributed by atoms with Crippen LogP contribution >= 0.6 is 0 Å². The fourth-order valence-corrected chi connectivity index (χ4v) is 15.0. The van der Waals surface area contributed by atoms with Crippen molar-refractivity contribution >= 4 is 58.8 Å². The molecule has 5 aromatic rings. The molecule has 1 fully saturated rings. The second-order valence-electron chi connectivity index (χ2n) is 31.3. The van der Waals surface area contributed by atoms with Crippen LogP contribution in [-0.2, 0) is 138 Å². The molecule has 2 aromatic heterocycles. The molecule has 3 aromatic carbocycles. The van der Waals surface area contributed by atoms with Crippen LogP contribution in [0.4, 0.5) is 5.69 Å². The number of likely N-dealkylation sites (N-methyl/N-ethyl adjacent to an activating group) is 2. The van der Waals surface area contributed by atoms with Crippen molar-refractivity contribution in [2.45, 2.75) is 181 Å². The van der Waals surface area contributed by atoms with E-state index in [0.29, 0.717) is 129 Å². The minimum atomic E-state index is -1.18. The topological polar surface area (TPSA) is 406 Å². The number of rotatable bonds is 59. The van der Waals surface area contributed by atoms with Crippen LogP contribution in [0.3, 0.4) is 0 Å². The van der Waals surface area contributed by atoms with Crippen molar-refractivity contribution in [2.24, 2.45) is 23.7 Å². The van der Waals surface area contributed by atoms with E-state index >= 15 is 0 Å². The molecule has 0 bridgehead atoms. The van der Waals surface area contributed by atoms with Gasteiger partial charge in [0.15, 0.2) is 0 Å². The van der Waals surface area contributed by atoms with E-state index in [4.69, 9.17) is 58.8 Å². The molecule has 2 aliphatic heterocycles. The van der Waals surface area contributed by atoms with Crippen molar-refractivity contribution in [3.8, 4) is 22.5 Å². The predicted molar refractivity (Wildman–Crippen MR) is 471 cm³/mol. The number of hydrogen-bond acceptors (Lipinski definition) is 22. The zero-order chi connectivity index (χ0) is 89.4. The maximum atomic E-state index is 14.8. The van der Waals surface area contributed by atoms with Crippen LogP contribution in [0.2, 0.25) is 0 Å². The molecule has 0 unspecified atom stereocenters. The Bertz CT molecular complexity index is 3960. The number of anilines is 1. The van der Waals surface area contributed by atoms with Crippen LogP contribution in [0, 0.1) is 31.1 Å². The molecular formula is C91H138N13O20Pt-3. The first kappa shape index (κ1) is 109. The summed E-state index contributed by atoms with van der Waals surface area (Å²) in [6.07, 6.45) is 6.09. The first-order valence-electron chi connectivity index (χ1n) is 43.2. The smallest absolute Gasteiger partial charge is 0.326 e. The van der Waals surface area contributed by atoms with Gasteiger partial charge in [-0.15, -0.1) is 5.10 Å². The largest absolute Gasteiger partial charge is 0.679 e. The number of carbonyl (C=O) groups is 9. The number of nitrogens with zero attached hydrogens (tertiary/aromatic N) is 8. The van der Waals surface area contributed by atoms with Gasteiger partial charge in [-0.1, -0.05) is 133 Å². The normalized spacial score (nSPS) is 14.8. The first-order chi connectivity index (χ1) is 59.4. The summed E-state index contributed by atoms with van der Waals surface area (Å²) >= 11 is 0. The Labute approximate surface area is 753 Å². The van der Waals surface area contributed by atoms with Crippen molar-refractivity contribution in [3.05, 3.63) is 139 Å². The number of aromatic nitrogens is 4. The maximum Gasteiger partial charge on any atom is 0.326 e. The van der Waals surface area contributed by atoms with Gasteiger partial charge in [0.05, 0.1) is 167 Å². The van der Waals surface area contributed by atoms with E-state index in [1.54, 1.807) is 77.1 Å². The standard InChI is InChI=1S/C88H129N11O20.C2H6N2.CH3.Pt/c1-12-63(6)82(74(110-10)59-78(104)97-40-20-29-73(97)84(111-11)64(7)85(105)91-71(88(108)109)58-66-22-14-13-15-23-66)96(9)87(107)79(61(2)3)92-86(106)81(62(4)5)95(8)76(102)36-43-113-47-51-117-55-56-118-52-48-114-44-39-90-75(101)32-33-77(103)98-60-67-24-16-17-26-69(67)80-83(70-27-18-19-28-72(70)98)99(94-93-80)41-45-115-49-53-119-57-54-116-50-46-112-42-21-25-68(100)31-30-65-34-37-89-38-35-65;3-1-2-4;;/h13-19,22-24,26-28,34-35,37-38,61-64,71,73-74,79,81-82,84H,12,20-21,25,29-33,36,39-60H2,1-11H3,(H,90,101)(H,91,105)(H,92,106)(H,108,109);3-4H,1-2H2;1H3;/q;-2;-1;/t63-,64+,71-,73-,74+,79-,81-,82-,84+;;;/m0.../s1. The number of nitrogens with one attached hydrogen (secondary N) is 5. The van der Waals surface area contributed by atoms with E-state index in [9.17, 15) is 48.3 Å². The molecule has 0 spiro atoms. The molecule has 125 heavy (non-hydrogen) atoms. The summed E-state index contributed by atoms with van der Waals surface area (Å²) in [6, 6.07) is 24.1. The van der Waals surface area contributed by atoms with Gasteiger partial charge in [0.1, 0.15) is 29.6 Å². The number of hydrogen-bond donors (Lipinski definition) is 4. The molecule has 2 aliphatic rings. The maximum absolute atomic E-state index is 14.8. The average Bonchev–Trinajstić information content (AvgIpc) is 1.66. The molecule has 34 heteroatoms. The van der Waals surface area contributed by atoms with Gasteiger partial charge in [0.2, 0.25) is 41.4 Å². The number of methoxy groups -OCH3 is 2. The number of aryl methyl sites for hydroxylation is 1. The summed E-state index contributed by atoms with van der Waals surface area (Å²) in [7, 11) is 6.19. The molecule has 700 valence electrons. The van der Waals surface area contributed by atoms with Crippen LogP contribution < -0.4 is 20.9 Å². The number of benzene rings is 3. The van der Waals surface area contributed by atoms with Gasteiger partial charge in [0.25, 0.3) is 0 Å². The summed E-state index contributed by atoms with van der Waals surface area (Å²) in [6.45, 7) is 19.9. The zero-order valence-electron chi connectivity index (χ0n) is 75.3. The molecule has 0 radical (unpaired) electrons. The Morgan fingerprint density at radius 1 is 0.608 bits per heavy atom. The number of pyridine rings is 1. The van der Waals surface area contributed by atoms with Gasteiger partial charge in [-0.25, -0.2) is 9.48 Å². The number of ketones is 1. The Morgan fingerprint density at radius 2 is 1.18 bits per heavy atom. The van der Waals surface area contributed by atoms with Gasteiger partial charge in [-0.3, -0.25) is 43.3 Å². The number of carbonyl (C=O) groups excluding carboxylic acids is 8. The number of amides is 7. The third-order valence-corrected chi connectivity index (χ3v) is 21.8. The molecule has 7 rings (SSSR count). The zero-order valence-corrected chi connectivity index (χ0v) is 77.6. The molecule has 6 N–H and O–H groups in total. The molecule has 7 amide bonds. The summed E-state index contributed by atoms with van der Waals surface area (Å²) < 4.78 is 59.5. The van der Waals surface area contributed by atoms with Crippen LogP contribution in [0.5, 0.6) is 0 Å². The van der Waals surface area contributed by atoms with Gasteiger partial charge < -0.3 is 107 Å². The van der Waals surface area contributed by atoms with E-state index in [0.717, 1.165) is 39.9 Å². The van der Waals surface area contributed by atoms with Crippen LogP contribution in [0.15, 0.2) is 103 Å². The third kappa shape index (κ3) is 36.7. The number of likely N-dealkylation sites (tertiary alicyclic amines) is 1. The predicted octanol–water partition coefficient (Wildman–Crippen LogP) is 9.15. The van der Waals surface area contributed by atoms with Crippen LogP contribution in [0.25, 0.3) is 34.0 Å². The summed E-state index contributed by atoms with van der Waals surface area (Å²) in [5.41, 5.74) is 19.0. The molecule has 9 atom stereocenters. The average molecular weight is 1930 g/mol. The minimum Gasteiger partial charge on any atom is -0.679 e. The summed E-state index contributed by atoms with van der Waals surface area (Å²) in [5.74, 6) is -5.13. The molecule has 4 heterocycles. The second kappa shape index (κ2) is 61.1. The molecule has 0 saturated carbocycles. The Morgan fingerprint density at radius 3 is 1.77 bits per heavy atom. The van der Waals surface area contributed by atoms with Crippen molar-refractivity contribution in [3.63, 3.8) is 0 Å². The van der Waals surface area contributed by atoms with Gasteiger partial charge >= 0.3 is 5.97 Å². The number of carboxylic acid groups (broad SMARTS) is 1. The fraction of sp³-hybridized carbons (Fsp3) is 0.615. The monoisotopic (exact) mass is 1930 g/mol. The molecule has 33 nitrogen and oxygen atoms in total. The van der Waals surface area contributed by atoms with Gasteiger partial charge in [-0.2, -0.15) is 13.1 Å². The third-order valence-electron chi connectivity index (χ3n) is 21.8. The first-order valence-corrected chi connectivity index (χ1v) is 43.2. The number of fused-ring (bicyclic) bond motifs is 5. The summed E-state index contributed by atoms with van der Waals surface area (Å²) in [4.78, 5) is 133. The second-order valence-corrected chi connectivity index (χ2v) is 31.3. The Kier molecular flexibility index (Phi) is 53.3. The molecular weight excluding hydrogens is 1790 g/mol. The van der Waals surface area contributed by atoms with Gasteiger partial charge in [0, 0.05) is 125 Å². The molecule has 1 saturated heterocycles. The quantitative estimate of drug-likeness (QED) is 0.0208. The van der Waals surface area contributed by atoms with Crippen molar-refractivity contribution in [2.75, 3.05) is 165 Å². The fourth-order valence-electron chi connectivity index (χ4n) is 15.0. The summed E-state index contributed by atoms with van der Waals surface area (Å²) in [5, 5.41) is 27.8.